The van der Waals surface area contributed by atoms with Crippen molar-refractivity contribution in [3.63, 3.8) is 0 Å². The molecule has 3 atom stereocenters. The second kappa shape index (κ2) is 4.56. The topological polar surface area (TPSA) is 26.3 Å². The number of carbonyl (C=O) groups is 1. The molecule has 0 amide bonds. The summed E-state index contributed by atoms with van der Waals surface area (Å²) in [6.07, 6.45) is 10.6. The summed E-state index contributed by atoms with van der Waals surface area (Å²) in [6, 6.07) is 0. The van der Waals surface area contributed by atoms with Gasteiger partial charge in [0, 0.05) is 11.5 Å². The Kier molecular flexibility index (Phi) is 3.39. The molecule has 3 unspecified atom stereocenters. The van der Waals surface area contributed by atoms with Gasteiger partial charge < -0.3 is 4.74 Å². The lowest BCUT2D eigenvalue weighted by atomic mass is 9.70. The van der Waals surface area contributed by atoms with E-state index in [2.05, 4.69) is 20.8 Å². The van der Waals surface area contributed by atoms with Gasteiger partial charge in [0.05, 0.1) is 0 Å². The van der Waals surface area contributed by atoms with E-state index in [-0.39, 0.29) is 17.5 Å². The SMILES string of the molecule is CC=CC=CC(=O)OC1CC2CCC1(C)C2(C)C. The minimum absolute atomic E-state index is 0.0917. The third kappa shape index (κ3) is 1.92. The summed E-state index contributed by atoms with van der Waals surface area (Å²) in [6.45, 7) is 8.87. The summed E-state index contributed by atoms with van der Waals surface area (Å²) in [5.41, 5.74) is 0.451. The van der Waals surface area contributed by atoms with E-state index in [9.17, 15) is 4.79 Å². The van der Waals surface area contributed by atoms with E-state index in [4.69, 9.17) is 4.74 Å². The van der Waals surface area contributed by atoms with Crippen molar-refractivity contribution in [1.29, 1.82) is 0 Å². The zero-order valence-electron chi connectivity index (χ0n) is 11.9. The zero-order chi connectivity index (χ0) is 13.4. The number of hydrogen-bond donors (Lipinski definition) is 0. The maximum absolute atomic E-state index is 11.8. The van der Waals surface area contributed by atoms with Crippen LogP contribution < -0.4 is 0 Å². The lowest BCUT2D eigenvalue weighted by Crippen LogP contribution is -2.38. The number of fused-ring (bicyclic) bond motifs is 2. The predicted molar refractivity (Wildman–Crippen MR) is 73.1 cm³/mol. The zero-order valence-corrected chi connectivity index (χ0v) is 11.9. The quantitative estimate of drug-likeness (QED) is 0.430. The number of esters is 1. The smallest absolute Gasteiger partial charge is 0.331 e. The average molecular weight is 248 g/mol. The Hall–Kier alpha value is -1.05. The van der Waals surface area contributed by atoms with Gasteiger partial charge in [-0.15, -0.1) is 0 Å². The van der Waals surface area contributed by atoms with Gasteiger partial charge in [0.15, 0.2) is 0 Å². The van der Waals surface area contributed by atoms with Crippen molar-refractivity contribution in [2.75, 3.05) is 0 Å². The molecule has 2 rings (SSSR count). The average Bonchev–Trinajstić information content (AvgIpc) is 2.62. The van der Waals surface area contributed by atoms with Crippen LogP contribution in [0.5, 0.6) is 0 Å². The van der Waals surface area contributed by atoms with Crippen LogP contribution in [0.4, 0.5) is 0 Å². The standard InChI is InChI=1S/C16H24O2/c1-5-6-7-8-14(17)18-13-11-12-9-10-16(13,4)15(12,2)3/h5-8,12-13H,9-11H2,1-4H3. The Morgan fingerprint density at radius 3 is 2.50 bits per heavy atom. The summed E-state index contributed by atoms with van der Waals surface area (Å²) in [5, 5.41) is 0. The van der Waals surface area contributed by atoms with Crippen molar-refractivity contribution >= 4 is 5.97 Å². The molecule has 18 heavy (non-hydrogen) atoms. The molecule has 2 heteroatoms. The van der Waals surface area contributed by atoms with Gasteiger partial charge in [0.1, 0.15) is 6.10 Å². The van der Waals surface area contributed by atoms with Crippen LogP contribution in [0.2, 0.25) is 0 Å². The van der Waals surface area contributed by atoms with Crippen LogP contribution in [-0.4, -0.2) is 12.1 Å². The summed E-state index contributed by atoms with van der Waals surface area (Å²) in [5.74, 6) is 0.502. The Morgan fingerprint density at radius 2 is 2.00 bits per heavy atom. The molecule has 2 fully saturated rings. The van der Waals surface area contributed by atoms with Gasteiger partial charge in [-0.25, -0.2) is 4.79 Å². The third-order valence-corrected chi connectivity index (χ3v) is 5.51. The summed E-state index contributed by atoms with van der Waals surface area (Å²) in [4.78, 5) is 11.8. The van der Waals surface area contributed by atoms with Gasteiger partial charge in [0.2, 0.25) is 0 Å². The molecular weight excluding hydrogens is 224 g/mol. The first-order chi connectivity index (χ1) is 8.41. The lowest BCUT2D eigenvalue weighted by molar-refractivity contribution is -0.150. The van der Waals surface area contributed by atoms with E-state index in [1.54, 1.807) is 6.08 Å². The van der Waals surface area contributed by atoms with Crippen LogP contribution in [0.3, 0.4) is 0 Å². The molecule has 0 saturated heterocycles. The highest BCUT2D eigenvalue weighted by molar-refractivity contribution is 5.82. The molecule has 2 bridgehead atoms. The lowest BCUT2D eigenvalue weighted by Gasteiger charge is -2.38. The third-order valence-electron chi connectivity index (χ3n) is 5.51. The highest BCUT2D eigenvalue weighted by atomic mass is 16.5. The molecule has 2 nitrogen and oxygen atoms in total. The van der Waals surface area contributed by atoms with Crippen LogP contribution in [-0.2, 0) is 9.53 Å². The van der Waals surface area contributed by atoms with Crippen molar-refractivity contribution in [2.45, 2.75) is 53.1 Å². The molecule has 2 aliphatic carbocycles. The van der Waals surface area contributed by atoms with Crippen molar-refractivity contribution < 1.29 is 9.53 Å². The number of carbonyl (C=O) groups excluding carboxylic acids is 1. The second-order valence-corrected chi connectivity index (χ2v) is 6.42. The van der Waals surface area contributed by atoms with Crippen LogP contribution in [0, 0.1) is 16.7 Å². The monoisotopic (exact) mass is 248 g/mol. The summed E-state index contributed by atoms with van der Waals surface area (Å²) in [7, 11) is 0. The van der Waals surface area contributed by atoms with Gasteiger partial charge >= 0.3 is 5.97 Å². The summed E-state index contributed by atoms with van der Waals surface area (Å²) < 4.78 is 5.67. The van der Waals surface area contributed by atoms with Gasteiger partial charge in [-0.05, 0) is 37.5 Å². The van der Waals surface area contributed by atoms with E-state index >= 15 is 0 Å². The van der Waals surface area contributed by atoms with Crippen molar-refractivity contribution in [1.82, 2.24) is 0 Å². The van der Waals surface area contributed by atoms with Gasteiger partial charge in [-0.2, -0.15) is 0 Å². The predicted octanol–water partition coefficient (Wildman–Crippen LogP) is 3.88. The molecular formula is C16H24O2. The van der Waals surface area contributed by atoms with Crippen LogP contribution >= 0.6 is 0 Å². The van der Waals surface area contributed by atoms with Crippen LogP contribution in [0.15, 0.2) is 24.3 Å². The first kappa shape index (κ1) is 13.4. The molecule has 0 aromatic heterocycles. The van der Waals surface area contributed by atoms with Gasteiger partial charge in [-0.3, -0.25) is 0 Å². The van der Waals surface area contributed by atoms with E-state index < -0.39 is 0 Å². The molecule has 2 saturated carbocycles. The van der Waals surface area contributed by atoms with Crippen molar-refractivity contribution in [3.8, 4) is 0 Å². The number of allylic oxidation sites excluding steroid dienone is 3. The molecule has 0 N–H and O–H groups in total. The largest absolute Gasteiger partial charge is 0.459 e. The molecule has 0 spiro atoms. The van der Waals surface area contributed by atoms with Gasteiger partial charge in [-0.1, -0.05) is 39.0 Å². The van der Waals surface area contributed by atoms with Crippen LogP contribution in [0.25, 0.3) is 0 Å². The minimum atomic E-state index is -0.206. The Labute approximate surface area is 110 Å². The normalized spacial score (nSPS) is 37.8. The molecule has 2 aliphatic rings. The Morgan fingerprint density at radius 1 is 1.28 bits per heavy atom. The van der Waals surface area contributed by atoms with Crippen molar-refractivity contribution in [2.24, 2.45) is 16.7 Å². The first-order valence-electron chi connectivity index (χ1n) is 6.92. The molecule has 0 heterocycles. The number of rotatable bonds is 3. The Bertz CT molecular complexity index is 392. The maximum atomic E-state index is 11.8. The summed E-state index contributed by atoms with van der Waals surface area (Å²) >= 11 is 0. The fourth-order valence-corrected chi connectivity index (χ4v) is 3.73. The van der Waals surface area contributed by atoms with E-state index in [1.807, 2.05) is 19.1 Å². The number of ether oxygens (including phenoxy) is 1. The van der Waals surface area contributed by atoms with E-state index in [0.717, 1.165) is 6.42 Å². The fraction of sp³-hybridized carbons (Fsp3) is 0.688. The van der Waals surface area contributed by atoms with E-state index in [0.29, 0.717) is 11.3 Å². The molecule has 0 aromatic carbocycles. The second-order valence-electron chi connectivity index (χ2n) is 6.42. The number of hydrogen-bond acceptors (Lipinski definition) is 2. The molecule has 0 radical (unpaired) electrons. The van der Waals surface area contributed by atoms with Crippen molar-refractivity contribution in [3.05, 3.63) is 24.3 Å². The highest BCUT2D eigenvalue weighted by Gasteiger charge is 2.62. The molecule has 100 valence electrons. The maximum Gasteiger partial charge on any atom is 0.331 e. The molecule has 0 aromatic rings. The fourth-order valence-electron chi connectivity index (χ4n) is 3.73. The first-order valence-corrected chi connectivity index (χ1v) is 6.92. The van der Waals surface area contributed by atoms with Crippen LogP contribution in [0.1, 0.15) is 47.0 Å². The minimum Gasteiger partial charge on any atom is -0.459 e. The molecule has 0 aliphatic heterocycles. The van der Waals surface area contributed by atoms with Gasteiger partial charge in [0.25, 0.3) is 0 Å². The highest BCUT2D eigenvalue weighted by Crippen LogP contribution is 2.66. The van der Waals surface area contributed by atoms with E-state index in [1.165, 1.54) is 18.9 Å². The Balaban J connectivity index is 2.03.